The van der Waals surface area contributed by atoms with Gasteiger partial charge >= 0.3 is 0 Å². The largest absolute Gasteiger partial charge is 0.352 e. The highest BCUT2D eigenvalue weighted by Gasteiger charge is 2.41. The first kappa shape index (κ1) is 20.6. The van der Waals surface area contributed by atoms with E-state index in [0.717, 1.165) is 27.8 Å². The Morgan fingerprint density at radius 1 is 0.824 bits per heavy atom. The van der Waals surface area contributed by atoms with Gasteiger partial charge in [-0.3, -0.25) is 9.97 Å². The van der Waals surface area contributed by atoms with Gasteiger partial charge in [0.25, 0.3) is 0 Å². The summed E-state index contributed by atoms with van der Waals surface area (Å²) in [6, 6.07) is 29.3. The van der Waals surface area contributed by atoms with Crippen LogP contribution in [0.3, 0.4) is 0 Å². The summed E-state index contributed by atoms with van der Waals surface area (Å²) >= 11 is 5.85. The van der Waals surface area contributed by atoms with E-state index in [9.17, 15) is 0 Å². The number of aromatic nitrogens is 3. The number of pyridine rings is 2. The normalized spacial score (nSPS) is 17.8. The maximum absolute atomic E-state index is 5.85. The van der Waals surface area contributed by atoms with Crippen molar-refractivity contribution in [2.24, 2.45) is 0 Å². The van der Waals surface area contributed by atoms with Crippen molar-refractivity contribution < 1.29 is 0 Å². The molecular formula is C28H23N5S. The molecule has 2 atom stereocenters. The molecule has 6 heteroatoms. The number of hydrogen-bond acceptors (Lipinski definition) is 3. The van der Waals surface area contributed by atoms with Crippen LogP contribution in [0, 0.1) is 0 Å². The van der Waals surface area contributed by atoms with Crippen LogP contribution in [0.25, 0.3) is 16.5 Å². The third-order valence-corrected chi connectivity index (χ3v) is 6.75. The first-order valence-electron chi connectivity index (χ1n) is 11.3. The highest BCUT2D eigenvalue weighted by molar-refractivity contribution is 7.80. The molecule has 1 fully saturated rings. The molecule has 1 aliphatic rings. The molecule has 5 aromatic rings. The van der Waals surface area contributed by atoms with Crippen LogP contribution in [0.5, 0.6) is 0 Å². The van der Waals surface area contributed by atoms with E-state index in [1.54, 1.807) is 0 Å². The van der Waals surface area contributed by atoms with Gasteiger partial charge in [-0.2, -0.15) is 0 Å². The van der Waals surface area contributed by atoms with E-state index in [0.29, 0.717) is 6.54 Å². The van der Waals surface area contributed by atoms with Gasteiger partial charge in [-0.1, -0.05) is 36.4 Å². The van der Waals surface area contributed by atoms with Gasteiger partial charge in [-0.25, -0.2) is 0 Å². The summed E-state index contributed by atoms with van der Waals surface area (Å²) < 4.78 is 2.27. The molecule has 166 valence electrons. The smallest absolute Gasteiger partial charge is 0.170 e. The second-order valence-electron chi connectivity index (χ2n) is 8.44. The van der Waals surface area contributed by atoms with Crippen molar-refractivity contribution in [3.8, 4) is 5.69 Å². The summed E-state index contributed by atoms with van der Waals surface area (Å²) in [5, 5.41) is 6.73. The van der Waals surface area contributed by atoms with E-state index < -0.39 is 0 Å². The summed E-state index contributed by atoms with van der Waals surface area (Å²) in [6.07, 6.45) is 7.61. The molecule has 2 unspecified atom stereocenters. The van der Waals surface area contributed by atoms with Crippen LogP contribution >= 0.6 is 12.2 Å². The lowest BCUT2D eigenvalue weighted by atomic mass is 10.0. The van der Waals surface area contributed by atoms with Gasteiger partial charge in [-0.15, -0.1) is 0 Å². The number of hydrogen-bond donors (Lipinski definition) is 1. The topological polar surface area (TPSA) is 46.0 Å². The maximum atomic E-state index is 5.85. The molecule has 1 N–H and O–H groups in total. The highest BCUT2D eigenvalue weighted by atomic mass is 32.1. The molecule has 1 saturated heterocycles. The van der Waals surface area contributed by atoms with Crippen LogP contribution in [0.4, 0.5) is 0 Å². The number of fused-ring (bicyclic) bond motifs is 1. The van der Waals surface area contributed by atoms with Gasteiger partial charge in [0.05, 0.1) is 17.8 Å². The van der Waals surface area contributed by atoms with Crippen molar-refractivity contribution in [1.82, 2.24) is 24.8 Å². The van der Waals surface area contributed by atoms with E-state index in [1.807, 2.05) is 42.9 Å². The predicted octanol–water partition coefficient (Wildman–Crippen LogP) is 5.59. The molecular weight excluding hydrogens is 438 g/mol. The molecule has 4 heterocycles. The molecule has 34 heavy (non-hydrogen) atoms. The Balaban J connectivity index is 1.46. The van der Waals surface area contributed by atoms with Gasteiger partial charge in [0.2, 0.25) is 0 Å². The second kappa shape index (κ2) is 8.72. The first-order valence-corrected chi connectivity index (χ1v) is 11.7. The van der Waals surface area contributed by atoms with Gasteiger partial charge in [0, 0.05) is 42.7 Å². The SMILES string of the molecule is S=C1NC(c2ccccn2)C(c2cccn2-c2ccc3ccccc3c2)N1Cc1ccncc1. The van der Waals surface area contributed by atoms with E-state index in [4.69, 9.17) is 12.2 Å². The molecule has 0 aliphatic carbocycles. The van der Waals surface area contributed by atoms with Crippen molar-refractivity contribution in [2.45, 2.75) is 18.6 Å². The molecule has 5 nitrogen and oxygen atoms in total. The molecule has 0 radical (unpaired) electrons. The minimum absolute atomic E-state index is 0.0305. The van der Waals surface area contributed by atoms with Gasteiger partial charge in [-0.05, 0) is 77.1 Å². The summed E-state index contributed by atoms with van der Waals surface area (Å²) in [5.74, 6) is 0. The average molecular weight is 462 g/mol. The Bertz CT molecular complexity index is 1450. The molecule has 6 rings (SSSR count). The first-order chi connectivity index (χ1) is 16.8. The molecule has 0 saturated carbocycles. The van der Waals surface area contributed by atoms with Crippen molar-refractivity contribution in [3.63, 3.8) is 0 Å². The lowest BCUT2D eigenvalue weighted by molar-refractivity contribution is 0.302. The predicted molar refractivity (Wildman–Crippen MR) is 139 cm³/mol. The number of nitrogens with one attached hydrogen (secondary N) is 1. The van der Waals surface area contributed by atoms with Crippen LogP contribution in [0.2, 0.25) is 0 Å². The highest BCUT2D eigenvalue weighted by Crippen LogP contribution is 2.40. The number of nitrogens with zero attached hydrogens (tertiary/aromatic N) is 4. The Morgan fingerprint density at radius 3 is 2.47 bits per heavy atom. The monoisotopic (exact) mass is 461 g/mol. The zero-order chi connectivity index (χ0) is 22.9. The summed E-state index contributed by atoms with van der Waals surface area (Å²) in [5.41, 5.74) is 4.42. The summed E-state index contributed by atoms with van der Waals surface area (Å²) in [4.78, 5) is 11.1. The van der Waals surface area contributed by atoms with E-state index in [2.05, 4.69) is 91.6 Å². The lowest BCUT2D eigenvalue weighted by Gasteiger charge is -2.29. The molecule has 0 spiro atoms. The number of thiocarbonyl (C=S) groups is 1. The van der Waals surface area contributed by atoms with E-state index in [-0.39, 0.29) is 12.1 Å². The maximum Gasteiger partial charge on any atom is 0.170 e. The molecule has 1 aliphatic heterocycles. The lowest BCUT2D eigenvalue weighted by Crippen LogP contribution is -2.30. The van der Waals surface area contributed by atoms with Gasteiger partial charge < -0.3 is 14.8 Å². The third kappa shape index (κ3) is 3.72. The summed E-state index contributed by atoms with van der Waals surface area (Å²) in [7, 11) is 0. The molecule has 2 aromatic carbocycles. The van der Waals surface area contributed by atoms with Crippen LogP contribution in [-0.4, -0.2) is 24.5 Å². The zero-order valence-electron chi connectivity index (χ0n) is 18.5. The van der Waals surface area contributed by atoms with E-state index >= 15 is 0 Å². The standard InChI is InChI=1S/C28H23N5S/c34-28-31-26(24-8-3-4-14-30-24)27(33(28)19-20-12-15-29-16-13-20)25-9-5-17-32(25)23-11-10-21-6-1-2-7-22(21)18-23/h1-18,26-27H,19H2,(H,31,34). The zero-order valence-corrected chi connectivity index (χ0v) is 19.3. The van der Waals surface area contributed by atoms with Crippen molar-refractivity contribution in [1.29, 1.82) is 0 Å². The Labute approximate surface area is 203 Å². The fourth-order valence-corrected chi connectivity index (χ4v) is 5.08. The van der Waals surface area contributed by atoms with Crippen LogP contribution in [0.15, 0.2) is 110 Å². The Kier molecular flexibility index (Phi) is 5.28. The Hall–Kier alpha value is -4.03. The van der Waals surface area contributed by atoms with Crippen LogP contribution < -0.4 is 5.32 Å². The van der Waals surface area contributed by atoms with Gasteiger partial charge in [0.1, 0.15) is 0 Å². The summed E-state index contributed by atoms with van der Waals surface area (Å²) in [6.45, 7) is 0.686. The fraction of sp³-hybridized carbons (Fsp3) is 0.107. The fourth-order valence-electron chi connectivity index (χ4n) is 4.78. The molecule has 3 aromatic heterocycles. The second-order valence-corrected chi connectivity index (χ2v) is 8.83. The van der Waals surface area contributed by atoms with Crippen molar-refractivity contribution in [3.05, 3.63) is 127 Å². The number of rotatable bonds is 5. The minimum Gasteiger partial charge on any atom is -0.352 e. The van der Waals surface area contributed by atoms with Crippen molar-refractivity contribution >= 4 is 28.1 Å². The van der Waals surface area contributed by atoms with E-state index in [1.165, 1.54) is 10.8 Å². The average Bonchev–Trinajstić information content (AvgIpc) is 3.49. The molecule has 0 bridgehead atoms. The molecule has 0 amide bonds. The van der Waals surface area contributed by atoms with Crippen LogP contribution in [-0.2, 0) is 6.54 Å². The Morgan fingerprint density at radius 2 is 1.65 bits per heavy atom. The van der Waals surface area contributed by atoms with Crippen LogP contribution in [0.1, 0.15) is 29.0 Å². The van der Waals surface area contributed by atoms with Gasteiger partial charge in [0.15, 0.2) is 5.11 Å². The third-order valence-electron chi connectivity index (χ3n) is 6.39. The quantitative estimate of drug-likeness (QED) is 0.346. The number of benzene rings is 2. The van der Waals surface area contributed by atoms with Crippen molar-refractivity contribution in [2.75, 3.05) is 0 Å². The minimum atomic E-state index is -0.0651.